The van der Waals surface area contributed by atoms with Crippen molar-refractivity contribution >= 4 is 35.3 Å². The van der Waals surface area contributed by atoms with Crippen molar-refractivity contribution in [1.29, 1.82) is 0 Å². The fourth-order valence-corrected chi connectivity index (χ4v) is 3.44. The third kappa shape index (κ3) is 3.95. The predicted octanol–water partition coefficient (Wildman–Crippen LogP) is 3.25. The van der Waals surface area contributed by atoms with E-state index in [1.165, 1.54) is 0 Å². The number of rotatable bonds is 4. The number of carbonyl (C=O) groups is 1. The maximum atomic E-state index is 12.6. The van der Waals surface area contributed by atoms with E-state index < -0.39 is 5.60 Å². The largest absolute Gasteiger partial charge is 0.368 e. The van der Waals surface area contributed by atoms with Crippen LogP contribution in [0.2, 0.25) is 0 Å². The minimum absolute atomic E-state index is 0. The summed E-state index contributed by atoms with van der Waals surface area (Å²) in [6.45, 7) is 3.58. The van der Waals surface area contributed by atoms with Gasteiger partial charge in [-0.25, -0.2) is 4.98 Å². The highest BCUT2D eigenvalue weighted by Gasteiger charge is 2.39. The molecule has 0 spiro atoms. The lowest BCUT2D eigenvalue weighted by Crippen LogP contribution is -2.51. The molecule has 1 fully saturated rings. The molecule has 130 valence electrons. The molecule has 0 atom stereocenters. The Morgan fingerprint density at radius 2 is 1.96 bits per heavy atom. The number of amides is 1. The van der Waals surface area contributed by atoms with Crippen LogP contribution in [0.1, 0.15) is 17.8 Å². The molecule has 5 nitrogen and oxygen atoms in total. The van der Waals surface area contributed by atoms with E-state index in [-0.39, 0.29) is 18.3 Å². The van der Waals surface area contributed by atoms with Gasteiger partial charge in [0.15, 0.2) is 0 Å². The number of nitrogens with one attached hydrogen (secondary N) is 2. The third-order valence-electron chi connectivity index (χ3n) is 4.27. The summed E-state index contributed by atoms with van der Waals surface area (Å²) in [5, 5.41) is 9.32. The number of benzene rings is 1. The van der Waals surface area contributed by atoms with Gasteiger partial charge in [0.1, 0.15) is 5.60 Å². The maximum absolute atomic E-state index is 12.6. The van der Waals surface area contributed by atoms with Gasteiger partial charge in [0, 0.05) is 23.7 Å². The zero-order valence-corrected chi connectivity index (χ0v) is 15.4. The van der Waals surface area contributed by atoms with E-state index in [9.17, 15) is 4.79 Å². The van der Waals surface area contributed by atoms with Crippen LogP contribution in [0, 0.1) is 6.92 Å². The number of methoxy groups -OCH3 is 1. The number of carbonyl (C=O) groups excluding carboxylic acids is 1. The van der Waals surface area contributed by atoms with Crippen LogP contribution < -0.4 is 10.6 Å². The van der Waals surface area contributed by atoms with Crippen LogP contribution in [-0.4, -0.2) is 36.7 Å². The number of aromatic nitrogens is 1. The Kier molecular flexibility index (Phi) is 6.34. The number of nitrogens with zero attached hydrogens (tertiary/aromatic N) is 1. The predicted molar refractivity (Wildman–Crippen MR) is 100 cm³/mol. The average Bonchev–Trinajstić information content (AvgIpc) is 3.02. The van der Waals surface area contributed by atoms with Gasteiger partial charge in [-0.05, 0) is 45.0 Å². The number of thiazole rings is 1. The molecule has 0 radical (unpaired) electrons. The summed E-state index contributed by atoms with van der Waals surface area (Å²) in [7, 11) is 1.61. The van der Waals surface area contributed by atoms with E-state index >= 15 is 0 Å². The minimum atomic E-state index is -0.726. The van der Waals surface area contributed by atoms with E-state index in [0.717, 1.165) is 35.0 Å². The number of ether oxygens (including phenoxy) is 1. The van der Waals surface area contributed by atoms with E-state index in [1.807, 2.05) is 36.6 Å². The molecule has 0 aliphatic carbocycles. The van der Waals surface area contributed by atoms with Crippen molar-refractivity contribution in [3.63, 3.8) is 0 Å². The Balaban J connectivity index is 0.00000208. The Hall–Kier alpha value is -1.47. The summed E-state index contributed by atoms with van der Waals surface area (Å²) < 4.78 is 5.55. The first-order chi connectivity index (χ1) is 11.1. The molecule has 3 rings (SSSR count). The van der Waals surface area contributed by atoms with Crippen LogP contribution in [-0.2, 0) is 9.53 Å². The molecule has 2 N–H and O–H groups in total. The van der Waals surface area contributed by atoms with Gasteiger partial charge < -0.3 is 15.4 Å². The van der Waals surface area contributed by atoms with Gasteiger partial charge in [-0.2, -0.15) is 0 Å². The molecule has 0 bridgehead atoms. The minimum Gasteiger partial charge on any atom is -0.368 e. The first kappa shape index (κ1) is 18.9. The van der Waals surface area contributed by atoms with Crippen LogP contribution in [0.25, 0.3) is 11.3 Å². The number of hydrogen-bond acceptors (Lipinski definition) is 5. The summed E-state index contributed by atoms with van der Waals surface area (Å²) in [5.41, 5.74) is 2.07. The number of halogens is 1. The monoisotopic (exact) mass is 367 g/mol. The highest BCUT2D eigenvalue weighted by atomic mass is 35.5. The van der Waals surface area contributed by atoms with Crippen molar-refractivity contribution in [2.24, 2.45) is 0 Å². The van der Waals surface area contributed by atoms with Crippen LogP contribution in [0.4, 0.5) is 5.69 Å². The van der Waals surface area contributed by atoms with Gasteiger partial charge in [0.2, 0.25) is 0 Å². The lowest BCUT2D eigenvalue weighted by molar-refractivity contribution is -0.140. The number of hydrogen-bond donors (Lipinski definition) is 2. The van der Waals surface area contributed by atoms with Crippen LogP contribution in [0.5, 0.6) is 0 Å². The fraction of sp³-hybridized carbons (Fsp3) is 0.412. The second kappa shape index (κ2) is 8.07. The van der Waals surface area contributed by atoms with Crippen molar-refractivity contribution in [1.82, 2.24) is 10.3 Å². The van der Waals surface area contributed by atoms with E-state index in [0.29, 0.717) is 12.8 Å². The summed E-state index contributed by atoms with van der Waals surface area (Å²) in [4.78, 5) is 17.1. The fourth-order valence-electron chi connectivity index (χ4n) is 2.82. The van der Waals surface area contributed by atoms with Crippen LogP contribution >= 0.6 is 23.7 Å². The van der Waals surface area contributed by atoms with E-state index in [4.69, 9.17) is 4.74 Å². The van der Waals surface area contributed by atoms with Gasteiger partial charge in [-0.3, -0.25) is 4.79 Å². The summed E-state index contributed by atoms with van der Waals surface area (Å²) >= 11 is 1.63. The highest BCUT2D eigenvalue weighted by Crippen LogP contribution is 2.26. The zero-order chi connectivity index (χ0) is 16.3. The van der Waals surface area contributed by atoms with Gasteiger partial charge >= 0.3 is 0 Å². The molecule has 1 aromatic heterocycles. The van der Waals surface area contributed by atoms with E-state index in [2.05, 4.69) is 15.6 Å². The smallest absolute Gasteiger partial charge is 0.256 e. The molecule has 1 amide bonds. The first-order valence-corrected chi connectivity index (χ1v) is 8.61. The first-order valence-electron chi connectivity index (χ1n) is 7.73. The van der Waals surface area contributed by atoms with Crippen LogP contribution in [0.15, 0.2) is 29.6 Å². The number of anilines is 1. The molecule has 0 unspecified atom stereocenters. The normalized spacial score (nSPS) is 16.2. The highest BCUT2D eigenvalue weighted by molar-refractivity contribution is 7.09. The Labute approximate surface area is 152 Å². The zero-order valence-electron chi connectivity index (χ0n) is 13.8. The van der Waals surface area contributed by atoms with Gasteiger partial charge in [0.05, 0.1) is 10.7 Å². The van der Waals surface area contributed by atoms with Crippen molar-refractivity contribution in [3.8, 4) is 11.3 Å². The lowest BCUT2D eigenvalue weighted by Gasteiger charge is -2.34. The molecule has 1 aliphatic heterocycles. The summed E-state index contributed by atoms with van der Waals surface area (Å²) in [6.07, 6.45) is 1.37. The molecule has 7 heteroatoms. The summed E-state index contributed by atoms with van der Waals surface area (Å²) in [6, 6.07) is 7.77. The standard InChI is InChI=1S/C17H21N3O2S.ClH/c1-12-19-15(11-23-12)13-3-5-14(6-4-13)20-16(21)17(22-2)7-9-18-10-8-17;/h3-6,11,18H,7-10H2,1-2H3,(H,20,21);1H. The van der Waals surface area contributed by atoms with Crippen molar-refractivity contribution in [2.45, 2.75) is 25.4 Å². The maximum Gasteiger partial charge on any atom is 0.256 e. The van der Waals surface area contributed by atoms with Crippen LogP contribution in [0.3, 0.4) is 0 Å². The van der Waals surface area contributed by atoms with Crippen molar-refractivity contribution < 1.29 is 9.53 Å². The molecule has 24 heavy (non-hydrogen) atoms. The van der Waals surface area contributed by atoms with E-state index in [1.54, 1.807) is 18.4 Å². The average molecular weight is 368 g/mol. The quantitative estimate of drug-likeness (QED) is 0.870. The second-order valence-electron chi connectivity index (χ2n) is 5.73. The van der Waals surface area contributed by atoms with Crippen molar-refractivity contribution in [3.05, 3.63) is 34.7 Å². The molecular formula is C17H22ClN3O2S. The van der Waals surface area contributed by atoms with Gasteiger partial charge in [-0.15, -0.1) is 23.7 Å². The Morgan fingerprint density at radius 1 is 1.29 bits per heavy atom. The molecule has 1 aliphatic rings. The molecular weight excluding hydrogens is 346 g/mol. The second-order valence-corrected chi connectivity index (χ2v) is 6.79. The molecule has 2 aromatic rings. The lowest BCUT2D eigenvalue weighted by atomic mass is 9.91. The molecule has 1 saturated heterocycles. The molecule has 2 heterocycles. The Morgan fingerprint density at radius 3 is 2.50 bits per heavy atom. The van der Waals surface area contributed by atoms with Crippen molar-refractivity contribution in [2.75, 3.05) is 25.5 Å². The topological polar surface area (TPSA) is 63.2 Å². The summed E-state index contributed by atoms with van der Waals surface area (Å²) in [5.74, 6) is -0.0706. The Bertz CT molecular complexity index is 681. The SMILES string of the molecule is COC1(C(=O)Nc2ccc(-c3csc(C)n3)cc2)CCNCC1.Cl. The van der Waals surface area contributed by atoms with Gasteiger partial charge in [-0.1, -0.05) is 12.1 Å². The van der Waals surface area contributed by atoms with Gasteiger partial charge in [0.25, 0.3) is 5.91 Å². The number of piperidine rings is 1. The number of aryl methyl sites for hydroxylation is 1. The molecule has 1 aromatic carbocycles. The third-order valence-corrected chi connectivity index (χ3v) is 5.05. The molecule has 0 saturated carbocycles.